The highest BCUT2D eigenvalue weighted by Gasteiger charge is 2.08. The number of amides is 1. The fraction of sp³-hybridized carbons (Fsp3) is 0.368. The molecule has 0 radical (unpaired) electrons. The molecule has 25 heavy (non-hydrogen) atoms. The van der Waals surface area contributed by atoms with Crippen molar-refractivity contribution in [3.63, 3.8) is 0 Å². The van der Waals surface area contributed by atoms with Gasteiger partial charge < -0.3 is 19.9 Å². The molecule has 1 heterocycles. The van der Waals surface area contributed by atoms with Gasteiger partial charge in [0.05, 0.1) is 6.10 Å². The Bertz CT molecular complexity index is 770. The Labute approximate surface area is 148 Å². The van der Waals surface area contributed by atoms with Gasteiger partial charge in [-0.1, -0.05) is 12.1 Å². The highest BCUT2D eigenvalue weighted by atomic mass is 16.6. The van der Waals surface area contributed by atoms with Crippen LogP contribution < -0.4 is 10.6 Å². The molecule has 1 amide bonds. The van der Waals surface area contributed by atoms with Gasteiger partial charge in [-0.3, -0.25) is 0 Å². The van der Waals surface area contributed by atoms with Crippen LogP contribution in [-0.2, 0) is 24.9 Å². The van der Waals surface area contributed by atoms with Gasteiger partial charge in [0.1, 0.15) is 11.8 Å². The number of carbonyl (C=O) groups is 1. The van der Waals surface area contributed by atoms with Crippen LogP contribution in [0.4, 0.5) is 10.5 Å². The molecule has 1 aromatic heterocycles. The maximum atomic E-state index is 11.5. The van der Waals surface area contributed by atoms with Crippen LogP contribution in [0.25, 0.3) is 0 Å². The zero-order chi connectivity index (χ0) is 18.4. The van der Waals surface area contributed by atoms with Crippen LogP contribution in [0.3, 0.4) is 0 Å². The number of benzene rings is 1. The first-order valence-electron chi connectivity index (χ1n) is 8.23. The number of hydrogen-bond donors (Lipinski definition) is 2. The van der Waals surface area contributed by atoms with Gasteiger partial charge in [-0.15, -0.1) is 0 Å². The van der Waals surface area contributed by atoms with Crippen molar-refractivity contribution in [3.05, 3.63) is 52.8 Å². The summed E-state index contributed by atoms with van der Waals surface area (Å²) in [6, 6.07) is 11.9. The summed E-state index contributed by atoms with van der Waals surface area (Å²) in [6.07, 6.45) is -0.542. The first kappa shape index (κ1) is 18.4. The number of hydrogen-bond acceptors (Lipinski definition) is 4. The van der Waals surface area contributed by atoms with Crippen molar-refractivity contribution in [2.45, 2.75) is 40.0 Å². The van der Waals surface area contributed by atoms with Crippen LogP contribution in [0.5, 0.6) is 0 Å². The number of alkyl carbamates (subject to hydrolysis) is 1. The third kappa shape index (κ3) is 5.01. The minimum Gasteiger partial charge on any atom is -0.447 e. The Morgan fingerprint density at radius 3 is 2.52 bits per heavy atom. The van der Waals surface area contributed by atoms with Gasteiger partial charge in [-0.05, 0) is 50.1 Å². The standard InChI is InChI=1S/C19H24N4O2/c1-13(2)25-19(24)22-11-15-5-7-17(8-6-15)21-12-16-9-18(10-20)23(4)14(16)3/h5-9,13,21H,11-12H2,1-4H3,(H,22,24). The Kier molecular flexibility index (Phi) is 6.07. The van der Waals surface area contributed by atoms with E-state index in [0.29, 0.717) is 18.8 Å². The van der Waals surface area contributed by atoms with Gasteiger partial charge in [0, 0.05) is 31.5 Å². The Morgan fingerprint density at radius 1 is 1.28 bits per heavy atom. The lowest BCUT2D eigenvalue weighted by atomic mass is 10.2. The van der Waals surface area contributed by atoms with Crippen LogP contribution in [0, 0.1) is 18.3 Å². The van der Waals surface area contributed by atoms with Crippen molar-refractivity contribution in [2.24, 2.45) is 7.05 Å². The van der Waals surface area contributed by atoms with E-state index < -0.39 is 6.09 Å². The molecule has 6 heteroatoms. The Hall–Kier alpha value is -2.94. The maximum absolute atomic E-state index is 11.5. The highest BCUT2D eigenvalue weighted by Crippen LogP contribution is 2.16. The molecule has 1 aromatic carbocycles. The van der Waals surface area contributed by atoms with E-state index in [4.69, 9.17) is 10.00 Å². The first-order chi connectivity index (χ1) is 11.9. The molecular formula is C19H24N4O2. The predicted molar refractivity (Wildman–Crippen MR) is 97.1 cm³/mol. The van der Waals surface area contributed by atoms with E-state index in [-0.39, 0.29) is 6.10 Å². The van der Waals surface area contributed by atoms with Gasteiger partial charge in [0.25, 0.3) is 0 Å². The first-order valence-corrected chi connectivity index (χ1v) is 8.23. The molecule has 2 N–H and O–H groups in total. The molecule has 0 bridgehead atoms. The van der Waals surface area contributed by atoms with Gasteiger partial charge >= 0.3 is 6.09 Å². The minimum absolute atomic E-state index is 0.130. The molecule has 0 unspecified atom stereocenters. The molecule has 0 spiro atoms. The molecule has 0 aliphatic carbocycles. The van der Waals surface area contributed by atoms with E-state index >= 15 is 0 Å². The van der Waals surface area contributed by atoms with Gasteiger partial charge in [0.15, 0.2) is 0 Å². The summed E-state index contributed by atoms with van der Waals surface area (Å²) in [5.41, 5.74) is 4.81. The summed E-state index contributed by atoms with van der Waals surface area (Å²) in [5.74, 6) is 0. The summed E-state index contributed by atoms with van der Waals surface area (Å²) in [6.45, 7) is 6.71. The summed E-state index contributed by atoms with van der Waals surface area (Å²) < 4.78 is 6.92. The number of nitriles is 1. The normalized spacial score (nSPS) is 10.4. The van der Waals surface area contributed by atoms with E-state index in [1.807, 2.05) is 62.7 Å². The summed E-state index contributed by atoms with van der Waals surface area (Å²) in [7, 11) is 1.89. The summed E-state index contributed by atoms with van der Waals surface area (Å²) >= 11 is 0. The summed E-state index contributed by atoms with van der Waals surface area (Å²) in [4.78, 5) is 11.5. The van der Waals surface area contributed by atoms with Crippen molar-refractivity contribution < 1.29 is 9.53 Å². The van der Waals surface area contributed by atoms with Crippen molar-refractivity contribution in [2.75, 3.05) is 5.32 Å². The van der Waals surface area contributed by atoms with E-state index in [1.54, 1.807) is 0 Å². The van der Waals surface area contributed by atoms with E-state index in [9.17, 15) is 4.79 Å². The van der Waals surface area contributed by atoms with Crippen LogP contribution >= 0.6 is 0 Å². The Morgan fingerprint density at radius 2 is 1.96 bits per heavy atom. The van der Waals surface area contributed by atoms with Crippen molar-refractivity contribution in [3.8, 4) is 6.07 Å². The third-order valence-corrected chi connectivity index (χ3v) is 3.97. The number of nitrogens with one attached hydrogen (secondary N) is 2. The monoisotopic (exact) mass is 340 g/mol. The average molecular weight is 340 g/mol. The van der Waals surface area contributed by atoms with Gasteiger partial charge in [-0.25, -0.2) is 4.79 Å². The fourth-order valence-electron chi connectivity index (χ4n) is 2.42. The smallest absolute Gasteiger partial charge is 0.407 e. The Balaban J connectivity index is 1.88. The minimum atomic E-state index is -0.412. The van der Waals surface area contributed by atoms with Crippen LogP contribution in [-0.4, -0.2) is 16.8 Å². The van der Waals surface area contributed by atoms with E-state index in [2.05, 4.69) is 16.7 Å². The van der Waals surface area contributed by atoms with Crippen molar-refractivity contribution in [1.82, 2.24) is 9.88 Å². The second-order valence-corrected chi connectivity index (χ2v) is 6.17. The lowest BCUT2D eigenvalue weighted by Crippen LogP contribution is -2.26. The zero-order valence-corrected chi connectivity index (χ0v) is 15.1. The number of aromatic nitrogens is 1. The van der Waals surface area contributed by atoms with Crippen LogP contribution in [0.15, 0.2) is 30.3 Å². The molecule has 0 aliphatic heterocycles. The largest absolute Gasteiger partial charge is 0.447 e. The molecule has 132 valence electrons. The molecule has 2 aromatic rings. The topological polar surface area (TPSA) is 79.1 Å². The molecule has 0 fully saturated rings. The number of anilines is 1. The quantitative estimate of drug-likeness (QED) is 0.844. The number of ether oxygens (including phenoxy) is 1. The lowest BCUT2D eigenvalue weighted by Gasteiger charge is -2.10. The molecule has 0 saturated carbocycles. The van der Waals surface area contributed by atoms with Crippen molar-refractivity contribution in [1.29, 1.82) is 5.26 Å². The average Bonchev–Trinajstić information content (AvgIpc) is 2.86. The number of rotatable bonds is 6. The van der Waals surface area contributed by atoms with Crippen molar-refractivity contribution >= 4 is 11.8 Å². The van der Waals surface area contributed by atoms with Crippen LogP contribution in [0.2, 0.25) is 0 Å². The second kappa shape index (κ2) is 8.25. The SMILES string of the molecule is Cc1c(CNc2ccc(CNC(=O)OC(C)C)cc2)cc(C#N)n1C. The van der Waals surface area contributed by atoms with Gasteiger partial charge in [-0.2, -0.15) is 5.26 Å². The molecule has 2 rings (SSSR count). The lowest BCUT2D eigenvalue weighted by molar-refractivity contribution is 0.115. The highest BCUT2D eigenvalue weighted by molar-refractivity contribution is 5.67. The maximum Gasteiger partial charge on any atom is 0.407 e. The number of carbonyl (C=O) groups excluding carboxylic acids is 1. The zero-order valence-electron chi connectivity index (χ0n) is 15.1. The van der Waals surface area contributed by atoms with E-state index in [0.717, 1.165) is 22.5 Å². The van der Waals surface area contributed by atoms with E-state index in [1.165, 1.54) is 0 Å². The number of nitrogens with zero attached hydrogens (tertiary/aromatic N) is 2. The van der Waals surface area contributed by atoms with Crippen LogP contribution in [0.1, 0.15) is 36.4 Å². The molecule has 6 nitrogen and oxygen atoms in total. The molecule has 0 saturated heterocycles. The third-order valence-electron chi connectivity index (χ3n) is 3.97. The fourth-order valence-corrected chi connectivity index (χ4v) is 2.42. The summed E-state index contributed by atoms with van der Waals surface area (Å²) in [5, 5.41) is 15.1. The predicted octanol–water partition coefficient (Wildman–Crippen LogP) is 3.45. The molecule has 0 aliphatic rings. The molecule has 0 atom stereocenters. The second-order valence-electron chi connectivity index (χ2n) is 6.17. The van der Waals surface area contributed by atoms with Gasteiger partial charge in [0.2, 0.25) is 0 Å². The molecular weight excluding hydrogens is 316 g/mol.